The predicted molar refractivity (Wildman–Crippen MR) is 56.0 cm³/mol. The van der Waals surface area contributed by atoms with Crippen molar-refractivity contribution in [3.63, 3.8) is 0 Å². The molecule has 74 valence electrons. The molecule has 1 heterocycles. The number of furan rings is 1. The summed E-state index contributed by atoms with van der Waals surface area (Å²) in [4.78, 5) is 0. The van der Waals surface area contributed by atoms with Crippen LogP contribution in [0.4, 0.5) is 0 Å². The average Bonchev–Trinajstić information content (AvgIpc) is 2.63. The molecule has 0 aliphatic heterocycles. The van der Waals surface area contributed by atoms with Gasteiger partial charge in [-0.15, -0.1) is 0 Å². The first-order valence-corrected chi connectivity index (χ1v) is 5.71. The third-order valence-corrected chi connectivity index (χ3v) is 2.31. The van der Waals surface area contributed by atoms with Gasteiger partial charge < -0.3 is 9.15 Å². The number of hydrogen-bond donors (Lipinski definition) is 0. The van der Waals surface area contributed by atoms with Crippen LogP contribution in [0.3, 0.4) is 0 Å². The van der Waals surface area contributed by atoms with Crippen molar-refractivity contribution >= 4 is 15.9 Å². The summed E-state index contributed by atoms with van der Waals surface area (Å²) in [6.45, 7) is 1.43. The summed E-state index contributed by atoms with van der Waals surface area (Å²) in [6, 6.07) is 3.81. The molecule has 1 rings (SSSR count). The fraction of sp³-hybridized carbons (Fsp3) is 0.600. The molecule has 0 aliphatic carbocycles. The number of ether oxygens (including phenoxy) is 1. The van der Waals surface area contributed by atoms with Crippen molar-refractivity contribution in [2.75, 3.05) is 11.9 Å². The fourth-order valence-electron chi connectivity index (χ4n) is 1.04. The Morgan fingerprint density at radius 3 is 2.92 bits per heavy atom. The molecular weight excluding hydrogens is 232 g/mol. The monoisotopic (exact) mass is 246 g/mol. The maximum absolute atomic E-state index is 5.42. The van der Waals surface area contributed by atoms with E-state index in [1.165, 1.54) is 12.8 Å². The van der Waals surface area contributed by atoms with Crippen molar-refractivity contribution in [3.05, 3.63) is 24.2 Å². The molecule has 0 spiro atoms. The molecule has 0 amide bonds. The summed E-state index contributed by atoms with van der Waals surface area (Å²) < 4.78 is 10.5. The van der Waals surface area contributed by atoms with Crippen LogP contribution < -0.4 is 0 Å². The molecule has 0 N–H and O–H groups in total. The summed E-state index contributed by atoms with van der Waals surface area (Å²) in [5.74, 6) is 0.903. The molecular formula is C10H15BrO2. The van der Waals surface area contributed by atoms with Gasteiger partial charge in [0.05, 0.1) is 6.26 Å². The topological polar surface area (TPSA) is 22.4 Å². The Kier molecular flexibility index (Phi) is 5.94. The number of rotatable bonds is 7. The van der Waals surface area contributed by atoms with E-state index >= 15 is 0 Å². The van der Waals surface area contributed by atoms with Gasteiger partial charge in [0.2, 0.25) is 0 Å². The highest BCUT2D eigenvalue weighted by atomic mass is 79.9. The van der Waals surface area contributed by atoms with Gasteiger partial charge in [-0.2, -0.15) is 0 Å². The lowest BCUT2D eigenvalue weighted by molar-refractivity contribution is 0.103. The fourth-order valence-corrected chi connectivity index (χ4v) is 1.44. The first-order valence-electron chi connectivity index (χ1n) is 4.59. The summed E-state index contributed by atoms with van der Waals surface area (Å²) in [7, 11) is 0. The number of hydrogen-bond acceptors (Lipinski definition) is 2. The van der Waals surface area contributed by atoms with Gasteiger partial charge in [0.25, 0.3) is 0 Å². The zero-order chi connectivity index (χ0) is 9.36. The smallest absolute Gasteiger partial charge is 0.129 e. The van der Waals surface area contributed by atoms with E-state index in [1.54, 1.807) is 6.26 Å². The van der Waals surface area contributed by atoms with E-state index in [0.717, 1.165) is 24.1 Å². The minimum Gasteiger partial charge on any atom is -0.467 e. The molecule has 0 aromatic carbocycles. The zero-order valence-electron chi connectivity index (χ0n) is 7.67. The summed E-state index contributed by atoms with van der Waals surface area (Å²) in [6.07, 6.45) is 5.25. The van der Waals surface area contributed by atoms with Crippen molar-refractivity contribution in [3.8, 4) is 0 Å². The first kappa shape index (κ1) is 10.8. The second kappa shape index (κ2) is 7.15. The van der Waals surface area contributed by atoms with E-state index in [2.05, 4.69) is 15.9 Å². The van der Waals surface area contributed by atoms with Crippen LogP contribution in [0.15, 0.2) is 22.8 Å². The highest BCUT2D eigenvalue weighted by Gasteiger charge is 1.94. The molecule has 2 nitrogen and oxygen atoms in total. The molecule has 0 aliphatic rings. The Bertz CT molecular complexity index is 197. The van der Waals surface area contributed by atoms with Crippen LogP contribution in [-0.2, 0) is 11.3 Å². The van der Waals surface area contributed by atoms with Crippen molar-refractivity contribution in [1.82, 2.24) is 0 Å². The average molecular weight is 247 g/mol. The molecule has 0 saturated heterocycles. The second-order valence-electron chi connectivity index (χ2n) is 2.88. The minimum absolute atomic E-state index is 0.599. The molecule has 0 radical (unpaired) electrons. The van der Waals surface area contributed by atoms with Crippen molar-refractivity contribution < 1.29 is 9.15 Å². The van der Waals surface area contributed by atoms with Crippen molar-refractivity contribution in [2.45, 2.75) is 25.9 Å². The van der Waals surface area contributed by atoms with Crippen LogP contribution in [0.5, 0.6) is 0 Å². The van der Waals surface area contributed by atoms with Gasteiger partial charge in [-0.25, -0.2) is 0 Å². The zero-order valence-corrected chi connectivity index (χ0v) is 9.26. The Hall–Kier alpha value is -0.280. The van der Waals surface area contributed by atoms with E-state index in [9.17, 15) is 0 Å². The lowest BCUT2D eigenvalue weighted by Gasteiger charge is -2.00. The maximum atomic E-state index is 5.42. The standard InChI is InChI=1S/C10H15BrO2/c11-6-2-1-3-7-12-9-10-5-4-8-13-10/h4-5,8H,1-3,6-7,9H2. The largest absolute Gasteiger partial charge is 0.467 e. The van der Waals surface area contributed by atoms with Crippen LogP contribution in [0, 0.1) is 0 Å². The summed E-state index contributed by atoms with van der Waals surface area (Å²) in [5.41, 5.74) is 0. The van der Waals surface area contributed by atoms with Crippen molar-refractivity contribution in [1.29, 1.82) is 0 Å². The Morgan fingerprint density at radius 1 is 1.31 bits per heavy atom. The molecule has 0 bridgehead atoms. The SMILES string of the molecule is BrCCCCCOCc1ccco1. The second-order valence-corrected chi connectivity index (χ2v) is 3.67. The minimum atomic E-state index is 0.599. The van der Waals surface area contributed by atoms with E-state index in [0.29, 0.717) is 6.61 Å². The Morgan fingerprint density at radius 2 is 2.23 bits per heavy atom. The molecule has 0 saturated carbocycles. The van der Waals surface area contributed by atoms with Crippen LogP contribution in [0.1, 0.15) is 25.0 Å². The van der Waals surface area contributed by atoms with E-state index in [1.807, 2.05) is 12.1 Å². The quantitative estimate of drug-likeness (QED) is 0.544. The van der Waals surface area contributed by atoms with E-state index in [4.69, 9.17) is 9.15 Å². The molecule has 0 unspecified atom stereocenters. The van der Waals surface area contributed by atoms with Crippen LogP contribution in [0.25, 0.3) is 0 Å². The highest BCUT2D eigenvalue weighted by Crippen LogP contribution is 2.03. The van der Waals surface area contributed by atoms with Crippen LogP contribution in [-0.4, -0.2) is 11.9 Å². The number of unbranched alkanes of at least 4 members (excludes halogenated alkanes) is 2. The third kappa shape index (κ3) is 5.11. The molecule has 0 fully saturated rings. The third-order valence-electron chi connectivity index (χ3n) is 1.75. The summed E-state index contributed by atoms with van der Waals surface area (Å²) in [5, 5.41) is 1.09. The normalized spacial score (nSPS) is 10.5. The lowest BCUT2D eigenvalue weighted by Crippen LogP contribution is -1.94. The van der Waals surface area contributed by atoms with Gasteiger partial charge in [-0.1, -0.05) is 22.4 Å². The van der Waals surface area contributed by atoms with Gasteiger partial charge in [0.1, 0.15) is 12.4 Å². The van der Waals surface area contributed by atoms with Crippen LogP contribution in [0.2, 0.25) is 0 Å². The van der Waals surface area contributed by atoms with Gasteiger partial charge >= 0.3 is 0 Å². The van der Waals surface area contributed by atoms with Crippen molar-refractivity contribution in [2.24, 2.45) is 0 Å². The van der Waals surface area contributed by atoms with E-state index < -0.39 is 0 Å². The van der Waals surface area contributed by atoms with Gasteiger partial charge in [0.15, 0.2) is 0 Å². The molecule has 0 atom stereocenters. The predicted octanol–water partition coefficient (Wildman–Crippen LogP) is 3.36. The molecule has 1 aromatic heterocycles. The Balaban J connectivity index is 1.90. The first-order chi connectivity index (χ1) is 6.43. The van der Waals surface area contributed by atoms with Gasteiger partial charge in [-0.3, -0.25) is 0 Å². The highest BCUT2D eigenvalue weighted by molar-refractivity contribution is 9.09. The van der Waals surface area contributed by atoms with Gasteiger partial charge in [-0.05, 0) is 25.0 Å². The maximum Gasteiger partial charge on any atom is 0.129 e. The summed E-state index contributed by atoms with van der Waals surface area (Å²) >= 11 is 3.39. The molecule has 1 aromatic rings. The molecule has 3 heteroatoms. The number of alkyl halides is 1. The molecule has 13 heavy (non-hydrogen) atoms. The number of halogens is 1. The lowest BCUT2D eigenvalue weighted by atomic mass is 10.3. The van der Waals surface area contributed by atoms with Crippen LogP contribution >= 0.6 is 15.9 Å². The Labute approximate surface area is 87.4 Å². The van der Waals surface area contributed by atoms with Gasteiger partial charge in [0, 0.05) is 11.9 Å². The van der Waals surface area contributed by atoms with E-state index in [-0.39, 0.29) is 0 Å².